The van der Waals surface area contributed by atoms with Gasteiger partial charge in [-0.25, -0.2) is 0 Å². The third-order valence-corrected chi connectivity index (χ3v) is 11.5. The summed E-state index contributed by atoms with van der Waals surface area (Å²) in [6.45, 7) is 4.43. The highest BCUT2D eigenvalue weighted by Gasteiger charge is 2.25. The molecule has 11 rings (SSSR count). The van der Waals surface area contributed by atoms with E-state index < -0.39 is 0 Å². The fraction of sp³-hybridized carbons (Fsp3) is 0.0385. The molecule has 0 bridgehead atoms. The quantitative estimate of drug-likeness (QED) is 0.175. The molecule has 0 atom stereocenters. The van der Waals surface area contributed by atoms with E-state index in [1.54, 1.807) is 0 Å². The molecular weight excluding hydrogens is 653 g/mol. The molecule has 254 valence electrons. The van der Waals surface area contributed by atoms with E-state index in [-0.39, 0.29) is 0 Å². The number of hydrogen-bond acceptors (Lipinski definition) is 1. The van der Waals surface area contributed by atoms with Gasteiger partial charge in [0.05, 0.1) is 11.0 Å². The SMILES string of the molecule is Cc1ccccc1N(c1ccc2cc3c(cc2c1)-c1cc2cc(-n4c5ccccc5c5ccccc54)ccc2cc1-3)c1ccc(-c2ccccc2)cc1C. The van der Waals surface area contributed by atoms with Gasteiger partial charge in [-0.15, -0.1) is 0 Å². The average molecular weight is 689 g/mol. The van der Waals surface area contributed by atoms with Gasteiger partial charge in [0.2, 0.25) is 0 Å². The third-order valence-electron chi connectivity index (χ3n) is 11.5. The second-order valence-corrected chi connectivity index (χ2v) is 14.7. The lowest BCUT2D eigenvalue weighted by atomic mass is 9.78. The van der Waals surface area contributed by atoms with E-state index >= 15 is 0 Å². The summed E-state index contributed by atoms with van der Waals surface area (Å²) in [5.41, 5.74) is 17.4. The van der Waals surface area contributed by atoms with E-state index in [0.717, 1.165) is 5.69 Å². The van der Waals surface area contributed by atoms with Crippen LogP contribution >= 0.6 is 0 Å². The minimum atomic E-state index is 1.15. The van der Waals surface area contributed by atoms with Gasteiger partial charge in [-0.05, 0) is 159 Å². The molecule has 54 heavy (non-hydrogen) atoms. The Hall–Kier alpha value is -6.90. The Kier molecular flexibility index (Phi) is 6.72. The molecule has 9 aromatic carbocycles. The summed E-state index contributed by atoms with van der Waals surface area (Å²) in [4.78, 5) is 2.43. The Labute approximate surface area is 314 Å². The molecule has 1 heterocycles. The first-order chi connectivity index (χ1) is 26.6. The van der Waals surface area contributed by atoms with Gasteiger partial charge in [0, 0.05) is 33.5 Å². The third kappa shape index (κ3) is 4.67. The molecule has 1 aromatic heterocycles. The van der Waals surface area contributed by atoms with Crippen molar-refractivity contribution in [3.05, 3.63) is 193 Å². The lowest BCUT2D eigenvalue weighted by molar-refractivity contribution is 1.19. The van der Waals surface area contributed by atoms with E-state index in [2.05, 4.69) is 205 Å². The van der Waals surface area contributed by atoms with E-state index in [9.17, 15) is 0 Å². The van der Waals surface area contributed by atoms with Crippen molar-refractivity contribution in [1.29, 1.82) is 0 Å². The van der Waals surface area contributed by atoms with Gasteiger partial charge in [0.1, 0.15) is 0 Å². The van der Waals surface area contributed by atoms with Gasteiger partial charge in [-0.1, -0.05) is 103 Å². The highest BCUT2D eigenvalue weighted by Crippen LogP contribution is 2.51. The van der Waals surface area contributed by atoms with E-state index in [1.807, 2.05) is 0 Å². The topological polar surface area (TPSA) is 8.17 Å². The smallest absolute Gasteiger partial charge is 0.0541 e. The van der Waals surface area contributed by atoms with Crippen molar-refractivity contribution in [2.45, 2.75) is 13.8 Å². The van der Waals surface area contributed by atoms with Gasteiger partial charge < -0.3 is 9.47 Å². The van der Waals surface area contributed by atoms with Crippen LogP contribution in [0, 0.1) is 13.8 Å². The second kappa shape index (κ2) is 11.8. The number of benzene rings is 9. The standard InChI is InChI=1S/C52H36N2/c1-33-12-6-9-17-49(33)53(50-25-22-36(26-34(50)2)35-13-4-3-5-14-35)41-23-20-37-29-45-46-30-38-21-24-42(28-40(38)32-48(46)47(45)31-39(37)27-41)54-51-18-10-7-15-43(51)44-16-8-11-19-52(44)54/h3-32H,1-2H3. The zero-order valence-electron chi connectivity index (χ0n) is 30.2. The Bertz CT molecular complexity index is 3080. The lowest BCUT2D eigenvalue weighted by Gasteiger charge is -2.30. The minimum Gasteiger partial charge on any atom is -0.310 e. The van der Waals surface area contributed by atoms with Crippen LogP contribution < -0.4 is 4.90 Å². The molecule has 0 unspecified atom stereocenters. The van der Waals surface area contributed by atoms with Crippen molar-refractivity contribution in [2.24, 2.45) is 0 Å². The molecule has 0 amide bonds. The summed E-state index contributed by atoms with van der Waals surface area (Å²) in [5, 5.41) is 7.59. The van der Waals surface area contributed by atoms with Gasteiger partial charge >= 0.3 is 0 Å². The monoisotopic (exact) mass is 688 g/mol. The van der Waals surface area contributed by atoms with Crippen molar-refractivity contribution in [3.63, 3.8) is 0 Å². The summed E-state index contributed by atoms with van der Waals surface area (Å²) in [7, 11) is 0. The average Bonchev–Trinajstić information content (AvgIpc) is 3.55. The highest BCUT2D eigenvalue weighted by atomic mass is 15.1. The normalized spacial score (nSPS) is 11.9. The molecule has 0 saturated carbocycles. The van der Waals surface area contributed by atoms with Gasteiger partial charge in [-0.3, -0.25) is 0 Å². The summed E-state index contributed by atoms with van der Waals surface area (Å²) < 4.78 is 2.41. The minimum absolute atomic E-state index is 1.15. The van der Waals surface area contributed by atoms with Crippen LogP contribution in [0.15, 0.2) is 182 Å². The largest absolute Gasteiger partial charge is 0.310 e. The number of hydrogen-bond donors (Lipinski definition) is 0. The molecular formula is C52H36N2. The lowest BCUT2D eigenvalue weighted by Crippen LogP contribution is -2.12. The van der Waals surface area contributed by atoms with Crippen LogP contribution in [0.5, 0.6) is 0 Å². The molecule has 0 fully saturated rings. The summed E-state index contributed by atoms with van der Waals surface area (Å²) in [6, 6.07) is 67.1. The zero-order valence-corrected chi connectivity index (χ0v) is 30.2. The van der Waals surface area contributed by atoms with Crippen molar-refractivity contribution in [2.75, 3.05) is 4.90 Å². The Morgan fingerprint density at radius 2 is 0.926 bits per heavy atom. The first-order valence-corrected chi connectivity index (χ1v) is 18.8. The Morgan fingerprint density at radius 3 is 1.59 bits per heavy atom. The number of para-hydroxylation sites is 3. The fourth-order valence-corrected chi connectivity index (χ4v) is 8.82. The number of anilines is 3. The van der Waals surface area contributed by atoms with Crippen LogP contribution in [-0.2, 0) is 0 Å². The summed E-state index contributed by atoms with van der Waals surface area (Å²) >= 11 is 0. The van der Waals surface area contributed by atoms with Crippen LogP contribution in [0.2, 0.25) is 0 Å². The molecule has 0 saturated heterocycles. The van der Waals surface area contributed by atoms with Crippen molar-refractivity contribution in [3.8, 4) is 39.1 Å². The van der Waals surface area contributed by atoms with Crippen LogP contribution in [-0.4, -0.2) is 4.57 Å². The molecule has 2 nitrogen and oxygen atoms in total. The first-order valence-electron chi connectivity index (χ1n) is 18.8. The van der Waals surface area contributed by atoms with Crippen LogP contribution in [0.25, 0.3) is 82.4 Å². The summed E-state index contributed by atoms with van der Waals surface area (Å²) in [5.74, 6) is 0. The van der Waals surface area contributed by atoms with Crippen LogP contribution in [0.3, 0.4) is 0 Å². The van der Waals surface area contributed by atoms with E-state index in [1.165, 1.54) is 105 Å². The van der Waals surface area contributed by atoms with Gasteiger partial charge in [-0.2, -0.15) is 0 Å². The first kappa shape index (κ1) is 30.7. The Morgan fingerprint density at radius 1 is 0.370 bits per heavy atom. The van der Waals surface area contributed by atoms with Crippen LogP contribution in [0.4, 0.5) is 17.1 Å². The number of aromatic nitrogens is 1. The van der Waals surface area contributed by atoms with Gasteiger partial charge in [0.15, 0.2) is 0 Å². The number of rotatable bonds is 5. The summed E-state index contributed by atoms with van der Waals surface area (Å²) in [6.07, 6.45) is 0. The second-order valence-electron chi connectivity index (χ2n) is 14.7. The van der Waals surface area contributed by atoms with Crippen molar-refractivity contribution in [1.82, 2.24) is 4.57 Å². The molecule has 1 aliphatic carbocycles. The maximum absolute atomic E-state index is 2.43. The molecule has 1 aliphatic rings. The number of nitrogens with zero attached hydrogens (tertiary/aromatic N) is 2. The number of fused-ring (bicyclic) bond motifs is 9. The van der Waals surface area contributed by atoms with Crippen LogP contribution in [0.1, 0.15) is 11.1 Å². The Balaban J connectivity index is 1.01. The van der Waals surface area contributed by atoms with E-state index in [4.69, 9.17) is 0 Å². The predicted molar refractivity (Wildman–Crippen MR) is 230 cm³/mol. The maximum atomic E-state index is 2.43. The highest BCUT2D eigenvalue weighted by molar-refractivity contribution is 6.13. The zero-order chi connectivity index (χ0) is 35.9. The molecule has 0 spiro atoms. The number of aryl methyl sites for hydroxylation is 2. The maximum Gasteiger partial charge on any atom is 0.0541 e. The fourth-order valence-electron chi connectivity index (χ4n) is 8.82. The van der Waals surface area contributed by atoms with E-state index in [0.29, 0.717) is 0 Å². The van der Waals surface area contributed by atoms with Gasteiger partial charge in [0.25, 0.3) is 0 Å². The van der Waals surface area contributed by atoms with Crippen molar-refractivity contribution >= 4 is 60.4 Å². The molecule has 0 N–H and O–H groups in total. The molecule has 0 radical (unpaired) electrons. The molecule has 2 heteroatoms. The van der Waals surface area contributed by atoms with Crippen molar-refractivity contribution < 1.29 is 0 Å². The molecule has 10 aromatic rings. The molecule has 0 aliphatic heterocycles. The predicted octanol–water partition coefficient (Wildman–Crippen LogP) is 14.5.